The van der Waals surface area contributed by atoms with Gasteiger partial charge in [0.05, 0.1) is 17.3 Å². The van der Waals surface area contributed by atoms with Gasteiger partial charge in [0.1, 0.15) is 11.4 Å². The molecular formula is C22H28Cl3FN2O2. The van der Waals surface area contributed by atoms with Gasteiger partial charge in [0.25, 0.3) is 0 Å². The summed E-state index contributed by atoms with van der Waals surface area (Å²) in [5.74, 6) is -1.35. The van der Waals surface area contributed by atoms with Crippen LogP contribution in [0.5, 0.6) is 0 Å². The Morgan fingerprint density at radius 1 is 0.867 bits per heavy atom. The van der Waals surface area contributed by atoms with Gasteiger partial charge in [-0.1, -0.05) is 37.4 Å². The molecule has 1 atom stereocenters. The number of nitrogens with zero attached hydrogens (tertiary/aromatic N) is 1. The Bertz CT molecular complexity index is 858. The number of halogens is 4. The molecule has 2 aromatic carbocycles. The fourth-order valence-electron chi connectivity index (χ4n) is 2.79. The van der Waals surface area contributed by atoms with Gasteiger partial charge < -0.3 is 12.4 Å². The first kappa shape index (κ1) is 28.3. The Balaban J connectivity index is 0.00000420. The third-order valence-corrected chi connectivity index (χ3v) is 4.73. The van der Waals surface area contributed by atoms with Crippen molar-refractivity contribution in [3.05, 3.63) is 71.0 Å². The summed E-state index contributed by atoms with van der Waals surface area (Å²) in [7, 11) is 0. The summed E-state index contributed by atoms with van der Waals surface area (Å²) < 4.78 is 14.0. The van der Waals surface area contributed by atoms with Crippen molar-refractivity contribution in [2.24, 2.45) is 0 Å². The molecule has 30 heavy (non-hydrogen) atoms. The van der Waals surface area contributed by atoms with Crippen molar-refractivity contribution < 1.29 is 31.4 Å². The topological polar surface area (TPSA) is 41.8 Å². The first-order valence-electron chi connectivity index (χ1n) is 9.11. The summed E-state index contributed by atoms with van der Waals surface area (Å²) in [6, 6.07) is 12.4. The number of benzene rings is 2. The molecule has 1 N–H and O–H groups in total. The molecule has 0 saturated carbocycles. The van der Waals surface area contributed by atoms with Gasteiger partial charge in [-0.15, -0.1) is 17.4 Å². The molecule has 8 heteroatoms. The minimum absolute atomic E-state index is 0. The highest BCUT2D eigenvalue weighted by molar-refractivity contribution is 6.23. The second kappa shape index (κ2) is 10.6. The van der Waals surface area contributed by atoms with Crippen LogP contribution < -0.4 is 17.4 Å². The Morgan fingerprint density at radius 2 is 1.30 bits per heavy atom. The number of carbonyl (C=O) groups is 2. The van der Waals surface area contributed by atoms with Crippen LogP contribution in [0, 0.1) is 5.82 Å². The fourth-order valence-corrected chi connectivity index (χ4v) is 3.22. The number of carbonyl (C=O) groups excluding carboxylic acids is 2. The van der Waals surface area contributed by atoms with Crippen LogP contribution in [0.4, 0.5) is 4.39 Å². The van der Waals surface area contributed by atoms with Gasteiger partial charge in [-0.2, -0.15) is 0 Å². The van der Waals surface area contributed by atoms with E-state index in [0.717, 1.165) is 10.1 Å². The zero-order chi connectivity index (χ0) is 21.3. The van der Waals surface area contributed by atoms with E-state index in [2.05, 4.69) is 20.8 Å². The molecule has 0 aliphatic carbocycles. The van der Waals surface area contributed by atoms with Crippen molar-refractivity contribution in [1.29, 1.82) is 0 Å². The molecule has 2 rings (SSSR count). The van der Waals surface area contributed by atoms with E-state index in [0.29, 0.717) is 5.56 Å². The second-order valence-electron chi connectivity index (χ2n) is 8.85. The SMILES string of the molecule is CC(C)(C)c1ccc(C(=O)[NH+](N(Cl)C(=O)c2ccc(F)cc2)C(C)(C)C)cc1.Cl.[Cl-]. The molecule has 2 amide bonds. The summed E-state index contributed by atoms with van der Waals surface area (Å²) in [4.78, 5) is 26.0. The highest BCUT2D eigenvalue weighted by atomic mass is 35.5. The van der Waals surface area contributed by atoms with Gasteiger partial charge >= 0.3 is 11.8 Å². The van der Waals surface area contributed by atoms with Crippen LogP contribution in [0.15, 0.2) is 48.5 Å². The largest absolute Gasteiger partial charge is 1.00 e. The molecule has 0 heterocycles. The molecule has 0 bridgehead atoms. The molecule has 0 aliphatic rings. The summed E-state index contributed by atoms with van der Waals surface area (Å²) in [5.41, 5.74) is 1.04. The third-order valence-electron chi connectivity index (χ3n) is 4.40. The van der Waals surface area contributed by atoms with Crippen LogP contribution in [0.3, 0.4) is 0 Å². The Hall–Kier alpha value is -1.66. The van der Waals surface area contributed by atoms with Crippen LogP contribution in [0.1, 0.15) is 67.8 Å². The Kier molecular flexibility index (Phi) is 10.00. The number of nitrogens with one attached hydrogen (secondary N) is 1. The minimum Gasteiger partial charge on any atom is -1.00 e. The van der Waals surface area contributed by atoms with Crippen molar-refractivity contribution in [3.8, 4) is 0 Å². The highest BCUT2D eigenvalue weighted by Gasteiger charge is 2.41. The fraction of sp³-hybridized carbons (Fsp3) is 0.364. The minimum atomic E-state index is -0.683. The quantitative estimate of drug-likeness (QED) is 0.527. The Labute approximate surface area is 195 Å². The molecule has 4 nitrogen and oxygen atoms in total. The van der Waals surface area contributed by atoms with Crippen LogP contribution in [-0.2, 0) is 5.41 Å². The molecule has 2 aromatic rings. The van der Waals surface area contributed by atoms with E-state index in [-0.39, 0.29) is 46.7 Å². The van der Waals surface area contributed by atoms with E-state index in [9.17, 15) is 14.0 Å². The maximum Gasteiger partial charge on any atom is 0.370 e. The molecule has 0 aromatic heterocycles. The first-order chi connectivity index (χ1) is 12.8. The third kappa shape index (κ3) is 6.67. The average molecular weight is 478 g/mol. The molecule has 166 valence electrons. The number of rotatable bonds is 2. The van der Waals surface area contributed by atoms with Crippen molar-refractivity contribution in [2.45, 2.75) is 52.5 Å². The van der Waals surface area contributed by atoms with Crippen molar-refractivity contribution in [2.75, 3.05) is 0 Å². The summed E-state index contributed by atoms with van der Waals surface area (Å²) in [6.07, 6.45) is 0. The van der Waals surface area contributed by atoms with E-state index in [1.807, 2.05) is 32.9 Å². The predicted molar refractivity (Wildman–Crippen MR) is 116 cm³/mol. The van der Waals surface area contributed by atoms with Crippen LogP contribution in [0.2, 0.25) is 0 Å². The van der Waals surface area contributed by atoms with Crippen LogP contribution in [0.25, 0.3) is 0 Å². The van der Waals surface area contributed by atoms with Gasteiger partial charge in [-0.3, -0.25) is 4.79 Å². The number of hydrogen-bond donors (Lipinski definition) is 1. The standard InChI is InChI=1S/C22H26ClFN2O2.2ClH/c1-21(2,3)17-11-7-15(8-12-17)19(27)25(22(4,5)6)26(23)20(28)16-9-13-18(24)14-10-16;;/h7-14H,1-6H3;2*1H. The van der Waals surface area contributed by atoms with Gasteiger partial charge in [-0.05, 0) is 68.1 Å². The molecule has 0 radical (unpaired) electrons. The smallest absolute Gasteiger partial charge is 0.370 e. The van der Waals surface area contributed by atoms with Gasteiger partial charge in [0, 0.05) is 5.56 Å². The predicted octanol–water partition coefficient (Wildman–Crippen LogP) is 1.58. The molecule has 0 spiro atoms. The lowest BCUT2D eigenvalue weighted by Crippen LogP contribution is -3.25. The summed E-state index contributed by atoms with van der Waals surface area (Å²) >= 11 is 6.34. The summed E-state index contributed by atoms with van der Waals surface area (Å²) in [5, 5.41) is 0.159. The number of amides is 2. The molecule has 0 saturated heterocycles. The normalized spacial score (nSPS) is 12.3. The number of hydrogen-bond acceptors (Lipinski definition) is 2. The molecule has 0 fully saturated rings. The van der Waals surface area contributed by atoms with Gasteiger partial charge in [0.2, 0.25) is 0 Å². The first-order valence-corrected chi connectivity index (χ1v) is 9.44. The molecular weight excluding hydrogens is 450 g/mol. The van der Waals surface area contributed by atoms with E-state index >= 15 is 0 Å². The maximum absolute atomic E-state index is 13.2. The Morgan fingerprint density at radius 3 is 1.70 bits per heavy atom. The van der Waals surface area contributed by atoms with E-state index in [1.165, 1.54) is 24.3 Å². The lowest BCUT2D eigenvalue weighted by atomic mass is 9.86. The highest BCUT2D eigenvalue weighted by Crippen LogP contribution is 2.22. The van der Waals surface area contributed by atoms with E-state index in [4.69, 9.17) is 11.8 Å². The van der Waals surface area contributed by atoms with E-state index in [1.54, 1.807) is 12.1 Å². The van der Waals surface area contributed by atoms with E-state index < -0.39 is 17.3 Å². The zero-order valence-electron chi connectivity index (χ0n) is 17.9. The molecule has 0 aliphatic heterocycles. The molecule has 1 unspecified atom stereocenters. The number of quaternary nitrogens is 1. The van der Waals surface area contributed by atoms with Crippen molar-refractivity contribution in [3.63, 3.8) is 0 Å². The van der Waals surface area contributed by atoms with Gasteiger partial charge in [-0.25, -0.2) is 9.18 Å². The van der Waals surface area contributed by atoms with Crippen molar-refractivity contribution >= 4 is 36.0 Å². The van der Waals surface area contributed by atoms with Crippen LogP contribution >= 0.6 is 24.2 Å². The van der Waals surface area contributed by atoms with Crippen molar-refractivity contribution in [1.82, 2.24) is 4.53 Å². The zero-order valence-corrected chi connectivity index (χ0v) is 20.3. The van der Waals surface area contributed by atoms with Gasteiger partial charge in [0.15, 0.2) is 0 Å². The average Bonchev–Trinajstić information content (AvgIpc) is 2.60. The lowest BCUT2D eigenvalue weighted by molar-refractivity contribution is -0.951. The monoisotopic (exact) mass is 476 g/mol. The second-order valence-corrected chi connectivity index (χ2v) is 9.19. The summed E-state index contributed by atoms with van der Waals surface area (Å²) in [6.45, 7) is 11.7. The van der Waals surface area contributed by atoms with Crippen LogP contribution in [-0.4, -0.2) is 21.9 Å². The maximum atomic E-state index is 13.2. The lowest BCUT2D eigenvalue weighted by Gasteiger charge is -2.33.